The highest BCUT2D eigenvalue weighted by atomic mass is 32.1. The molecule has 106 valence electrons. The lowest BCUT2D eigenvalue weighted by atomic mass is 10.1. The second-order valence-electron chi connectivity index (χ2n) is 5.39. The smallest absolute Gasteiger partial charge is 0.244 e. The minimum atomic E-state index is 0.171. The fraction of sp³-hybridized carbons (Fsp3) is 0.467. The van der Waals surface area contributed by atoms with E-state index in [-0.39, 0.29) is 11.9 Å². The van der Waals surface area contributed by atoms with E-state index in [9.17, 15) is 4.79 Å². The molecule has 0 aliphatic carbocycles. The molecule has 20 heavy (non-hydrogen) atoms. The Bertz CT molecular complexity index is 603. The number of rotatable bonds is 3. The Morgan fingerprint density at radius 2 is 2.35 bits per heavy atom. The number of carbonyl (C=O) groups excluding carboxylic acids is 1. The Morgan fingerprint density at radius 3 is 3.00 bits per heavy atom. The van der Waals surface area contributed by atoms with Gasteiger partial charge in [-0.15, -0.1) is 0 Å². The largest absolute Gasteiger partial charge is 0.334 e. The molecular formula is C15H19N3OS. The van der Waals surface area contributed by atoms with Gasteiger partial charge in [-0.1, -0.05) is 0 Å². The fourth-order valence-corrected chi connectivity index (χ4v) is 3.64. The molecule has 2 aromatic heterocycles. The van der Waals surface area contributed by atoms with Crippen LogP contribution in [0.4, 0.5) is 0 Å². The molecule has 3 rings (SSSR count). The first-order valence-corrected chi connectivity index (χ1v) is 7.92. The van der Waals surface area contributed by atoms with E-state index in [0.29, 0.717) is 6.54 Å². The van der Waals surface area contributed by atoms with Crippen LogP contribution in [0.3, 0.4) is 0 Å². The normalized spacial score (nSPS) is 18.7. The summed E-state index contributed by atoms with van der Waals surface area (Å²) in [5.41, 5.74) is 3.28. The molecule has 0 saturated carbocycles. The number of aromatic nitrogens is 2. The average molecular weight is 289 g/mol. The first kappa shape index (κ1) is 13.4. The van der Waals surface area contributed by atoms with Crippen LogP contribution in [0.1, 0.15) is 35.8 Å². The maximum Gasteiger partial charge on any atom is 0.244 e. The van der Waals surface area contributed by atoms with Gasteiger partial charge in [0.1, 0.15) is 6.54 Å². The molecule has 1 aliphatic heterocycles. The van der Waals surface area contributed by atoms with Crippen molar-refractivity contribution in [3.8, 4) is 0 Å². The van der Waals surface area contributed by atoms with E-state index in [1.54, 1.807) is 16.0 Å². The van der Waals surface area contributed by atoms with Crippen LogP contribution in [0, 0.1) is 13.8 Å². The van der Waals surface area contributed by atoms with Crippen molar-refractivity contribution < 1.29 is 4.79 Å². The van der Waals surface area contributed by atoms with E-state index in [1.807, 2.05) is 24.8 Å². The van der Waals surface area contributed by atoms with E-state index >= 15 is 0 Å². The molecule has 1 saturated heterocycles. The standard InChI is InChI=1S/C15H19N3OS/c1-11-8-12(2)18(16-11)9-15(19)17-6-3-4-14(17)13-5-7-20-10-13/h5,7-8,10,14H,3-4,6,9H2,1-2H3/t14-/m0/s1. The third-order valence-corrected chi connectivity index (χ3v) is 4.59. The summed E-state index contributed by atoms with van der Waals surface area (Å²) >= 11 is 1.69. The molecule has 5 heteroatoms. The monoisotopic (exact) mass is 289 g/mol. The third kappa shape index (κ3) is 2.50. The minimum absolute atomic E-state index is 0.171. The van der Waals surface area contributed by atoms with Gasteiger partial charge in [0.25, 0.3) is 0 Å². The van der Waals surface area contributed by atoms with Crippen molar-refractivity contribution >= 4 is 17.2 Å². The summed E-state index contributed by atoms with van der Waals surface area (Å²) in [6, 6.07) is 4.39. The van der Waals surface area contributed by atoms with Crippen LogP contribution in [0.15, 0.2) is 22.9 Å². The van der Waals surface area contributed by atoms with Gasteiger partial charge in [0.05, 0.1) is 11.7 Å². The van der Waals surface area contributed by atoms with Gasteiger partial charge in [0.2, 0.25) is 5.91 Å². The summed E-state index contributed by atoms with van der Waals surface area (Å²) in [5, 5.41) is 8.61. The lowest BCUT2D eigenvalue weighted by molar-refractivity contribution is -0.133. The molecule has 0 radical (unpaired) electrons. The predicted molar refractivity (Wildman–Crippen MR) is 79.7 cm³/mol. The van der Waals surface area contributed by atoms with Crippen LogP contribution >= 0.6 is 11.3 Å². The Labute approximate surface area is 123 Å². The van der Waals surface area contributed by atoms with E-state index in [4.69, 9.17) is 0 Å². The maximum atomic E-state index is 12.6. The zero-order chi connectivity index (χ0) is 14.1. The van der Waals surface area contributed by atoms with Gasteiger partial charge in [-0.25, -0.2) is 0 Å². The summed E-state index contributed by atoms with van der Waals surface area (Å²) in [7, 11) is 0. The van der Waals surface area contributed by atoms with Crippen LogP contribution in [-0.2, 0) is 11.3 Å². The molecule has 0 unspecified atom stereocenters. The second-order valence-corrected chi connectivity index (χ2v) is 6.17. The van der Waals surface area contributed by atoms with E-state index in [1.165, 1.54) is 5.56 Å². The van der Waals surface area contributed by atoms with Gasteiger partial charge < -0.3 is 4.90 Å². The summed E-state index contributed by atoms with van der Waals surface area (Å²) < 4.78 is 1.81. The van der Waals surface area contributed by atoms with Crippen LogP contribution in [0.5, 0.6) is 0 Å². The predicted octanol–water partition coefficient (Wildman–Crippen LogP) is 2.93. The van der Waals surface area contributed by atoms with Crippen molar-refractivity contribution in [1.82, 2.24) is 14.7 Å². The summed E-state index contributed by atoms with van der Waals surface area (Å²) in [6.07, 6.45) is 2.16. The van der Waals surface area contributed by atoms with Gasteiger partial charge in [0.15, 0.2) is 0 Å². The van der Waals surface area contributed by atoms with Crippen LogP contribution in [0.25, 0.3) is 0 Å². The quantitative estimate of drug-likeness (QED) is 0.871. The Hall–Kier alpha value is -1.62. The van der Waals surface area contributed by atoms with Crippen LogP contribution in [0.2, 0.25) is 0 Å². The van der Waals surface area contributed by atoms with Crippen molar-refractivity contribution in [3.63, 3.8) is 0 Å². The van der Waals surface area contributed by atoms with Crippen LogP contribution in [-0.4, -0.2) is 27.1 Å². The Balaban J connectivity index is 1.75. The van der Waals surface area contributed by atoms with E-state index in [2.05, 4.69) is 21.9 Å². The first-order valence-electron chi connectivity index (χ1n) is 6.98. The molecule has 0 bridgehead atoms. The van der Waals surface area contributed by atoms with Gasteiger partial charge in [-0.3, -0.25) is 9.48 Å². The lowest BCUT2D eigenvalue weighted by Crippen LogP contribution is -2.33. The zero-order valence-electron chi connectivity index (χ0n) is 11.9. The number of amides is 1. The lowest BCUT2D eigenvalue weighted by Gasteiger charge is -2.24. The summed E-state index contributed by atoms with van der Waals surface area (Å²) in [5.74, 6) is 0.171. The number of carbonyl (C=O) groups is 1. The number of nitrogens with zero attached hydrogens (tertiary/aromatic N) is 3. The topological polar surface area (TPSA) is 38.1 Å². The molecule has 4 nitrogen and oxygen atoms in total. The molecule has 0 aromatic carbocycles. The highest BCUT2D eigenvalue weighted by Gasteiger charge is 2.30. The number of aryl methyl sites for hydroxylation is 2. The number of likely N-dealkylation sites (tertiary alicyclic amines) is 1. The third-order valence-electron chi connectivity index (χ3n) is 3.89. The first-order chi connectivity index (χ1) is 9.65. The van der Waals surface area contributed by atoms with Crippen LogP contribution < -0.4 is 0 Å². The summed E-state index contributed by atoms with van der Waals surface area (Å²) in [6.45, 7) is 5.16. The van der Waals surface area contributed by atoms with Gasteiger partial charge >= 0.3 is 0 Å². The molecule has 1 aliphatic rings. The molecular weight excluding hydrogens is 270 g/mol. The SMILES string of the molecule is Cc1cc(C)n(CC(=O)N2CCC[C@H]2c2ccsc2)n1. The van der Waals surface area contributed by atoms with E-state index < -0.39 is 0 Å². The fourth-order valence-electron chi connectivity index (χ4n) is 2.93. The number of hydrogen-bond acceptors (Lipinski definition) is 3. The molecule has 1 fully saturated rings. The number of thiophene rings is 1. The van der Waals surface area contributed by atoms with Crippen molar-refractivity contribution in [2.75, 3.05) is 6.54 Å². The highest BCUT2D eigenvalue weighted by molar-refractivity contribution is 7.07. The minimum Gasteiger partial charge on any atom is -0.334 e. The van der Waals surface area contributed by atoms with Crippen molar-refractivity contribution in [1.29, 1.82) is 0 Å². The van der Waals surface area contributed by atoms with E-state index in [0.717, 1.165) is 30.8 Å². The molecule has 1 atom stereocenters. The highest BCUT2D eigenvalue weighted by Crippen LogP contribution is 2.33. The molecule has 3 heterocycles. The Kier molecular flexibility index (Phi) is 3.61. The van der Waals surface area contributed by atoms with Gasteiger partial charge in [0, 0.05) is 12.2 Å². The zero-order valence-corrected chi connectivity index (χ0v) is 12.7. The van der Waals surface area contributed by atoms with Gasteiger partial charge in [-0.2, -0.15) is 16.4 Å². The average Bonchev–Trinajstić information content (AvgIpc) is 3.11. The molecule has 0 N–H and O–H groups in total. The maximum absolute atomic E-state index is 12.6. The Morgan fingerprint density at radius 1 is 1.50 bits per heavy atom. The molecule has 1 amide bonds. The number of hydrogen-bond donors (Lipinski definition) is 0. The molecule has 0 spiro atoms. The summed E-state index contributed by atoms with van der Waals surface area (Å²) in [4.78, 5) is 14.6. The van der Waals surface area contributed by atoms with Gasteiger partial charge in [-0.05, 0) is 55.1 Å². The molecule has 2 aromatic rings. The second kappa shape index (κ2) is 5.40. The van der Waals surface area contributed by atoms with Crippen molar-refractivity contribution in [2.45, 2.75) is 39.3 Å². The van der Waals surface area contributed by atoms with Crippen molar-refractivity contribution in [2.24, 2.45) is 0 Å². The van der Waals surface area contributed by atoms with Crippen molar-refractivity contribution in [3.05, 3.63) is 39.8 Å².